The molecular formula is C24H28Br2O8S. The second kappa shape index (κ2) is 14.7. The Balaban J connectivity index is 1.47. The van der Waals surface area contributed by atoms with Crippen molar-refractivity contribution < 1.29 is 37.9 Å². The highest BCUT2D eigenvalue weighted by molar-refractivity contribution is 9.11. The van der Waals surface area contributed by atoms with Crippen LogP contribution in [0.2, 0.25) is 0 Å². The smallest absolute Gasteiger partial charge is 0.151 e. The van der Waals surface area contributed by atoms with Gasteiger partial charge in [-0.15, -0.1) is 11.3 Å². The third-order valence-electron chi connectivity index (χ3n) is 5.02. The monoisotopic (exact) mass is 634 g/mol. The van der Waals surface area contributed by atoms with Gasteiger partial charge in [-0.25, -0.2) is 0 Å². The van der Waals surface area contributed by atoms with Crippen molar-refractivity contribution in [1.29, 1.82) is 0 Å². The summed E-state index contributed by atoms with van der Waals surface area (Å²) in [5.41, 5.74) is 0. The number of halogens is 2. The van der Waals surface area contributed by atoms with Gasteiger partial charge in [0.2, 0.25) is 0 Å². The lowest BCUT2D eigenvalue weighted by Crippen LogP contribution is -2.14. The molecule has 1 aliphatic heterocycles. The third kappa shape index (κ3) is 7.73. The minimum Gasteiger partial charge on any atom is -0.488 e. The molecule has 1 aromatic heterocycles. The first-order valence-electron chi connectivity index (χ1n) is 11.3. The van der Waals surface area contributed by atoms with E-state index in [0.29, 0.717) is 66.1 Å². The largest absolute Gasteiger partial charge is 0.488 e. The lowest BCUT2D eigenvalue weighted by Gasteiger charge is -2.11. The standard InChI is InChI=1S/C24H28Br2O8S/c25-19-3-1-17-18-2-4-20(26)22-24(18)35-23(17)21(19)33-13-11-27-5-7-29-15-31-9-10-32-16-30-8-6-28-12-14-34-22/h1-4H,5-16H2. The van der Waals surface area contributed by atoms with Gasteiger partial charge < -0.3 is 37.9 Å². The maximum atomic E-state index is 6.13. The summed E-state index contributed by atoms with van der Waals surface area (Å²) < 4.78 is 48.9. The van der Waals surface area contributed by atoms with Crippen molar-refractivity contribution in [3.63, 3.8) is 0 Å². The van der Waals surface area contributed by atoms with Crippen LogP contribution in [0.25, 0.3) is 20.2 Å². The maximum absolute atomic E-state index is 6.13. The van der Waals surface area contributed by atoms with E-state index >= 15 is 0 Å². The highest BCUT2D eigenvalue weighted by atomic mass is 79.9. The molecule has 0 spiro atoms. The van der Waals surface area contributed by atoms with Gasteiger partial charge in [0.1, 0.15) is 26.8 Å². The first kappa shape index (κ1) is 27.0. The summed E-state index contributed by atoms with van der Waals surface area (Å²) in [6.07, 6.45) is 0. The van der Waals surface area contributed by atoms with E-state index in [2.05, 4.69) is 44.0 Å². The van der Waals surface area contributed by atoms with E-state index < -0.39 is 0 Å². The summed E-state index contributed by atoms with van der Waals surface area (Å²) in [5, 5.41) is 2.24. The minimum absolute atomic E-state index is 0.193. The fourth-order valence-corrected chi connectivity index (χ4v) is 5.85. The van der Waals surface area contributed by atoms with E-state index in [0.717, 1.165) is 40.6 Å². The molecule has 0 atom stereocenters. The third-order valence-corrected chi connectivity index (χ3v) is 7.49. The Bertz CT molecular complexity index is 995. The molecule has 4 rings (SSSR count). The van der Waals surface area contributed by atoms with Gasteiger partial charge in [-0.05, 0) is 44.0 Å². The summed E-state index contributed by atoms with van der Waals surface area (Å²) >= 11 is 8.92. The van der Waals surface area contributed by atoms with E-state index in [4.69, 9.17) is 37.9 Å². The van der Waals surface area contributed by atoms with Crippen LogP contribution in [0.1, 0.15) is 0 Å². The van der Waals surface area contributed by atoms with Crippen LogP contribution < -0.4 is 9.47 Å². The molecule has 0 fully saturated rings. The molecule has 1 aliphatic rings. The SMILES string of the molecule is Brc1ccc2c3sc4c(c(Br)ccc42)OCCOCCOCOCCOCOCCOCCOc13. The van der Waals surface area contributed by atoms with Gasteiger partial charge in [0.25, 0.3) is 0 Å². The molecule has 0 unspecified atom stereocenters. The average molecular weight is 636 g/mol. The van der Waals surface area contributed by atoms with Crippen LogP contribution >= 0.6 is 43.2 Å². The molecule has 0 aliphatic carbocycles. The predicted molar refractivity (Wildman–Crippen MR) is 141 cm³/mol. The van der Waals surface area contributed by atoms with Crippen LogP contribution in [-0.4, -0.2) is 79.7 Å². The summed E-state index contributed by atoms with van der Waals surface area (Å²) in [7, 11) is 0. The van der Waals surface area contributed by atoms with Crippen LogP contribution in [0.5, 0.6) is 11.5 Å². The van der Waals surface area contributed by atoms with Gasteiger partial charge in [0, 0.05) is 10.8 Å². The highest BCUT2D eigenvalue weighted by Crippen LogP contribution is 2.47. The average Bonchev–Trinajstić information content (AvgIpc) is 3.23. The van der Waals surface area contributed by atoms with Crippen molar-refractivity contribution in [2.45, 2.75) is 0 Å². The molecule has 8 nitrogen and oxygen atoms in total. The zero-order valence-electron chi connectivity index (χ0n) is 19.2. The molecule has 2 aromatic carbocycles. The molecule has 0 amide bonds. The molecule has 2 heterocycles. The first-order chi connectivity index (χ1) is 17.3. The second-order valence-corrected chi connectivity index (χ2v) is 10.1. The molecule has 11 heteroatoms. The Hall–Kier alpha value is -1.02. The van der Waals surface area contributed by atoms with Gasteiger partial charge in [0.05, 0.1) is 71.2 Å². The predicted octanol–water partition coefficient (Wildman–Crippen LogP) is 5.37. The molecular weight excluding hydrogens is 608 g/mol. The lowest BCUT2D eigenvalue weighted by atomic mass is 10.1. The Kier molecular flexibility index (Phi) is 11.3. The van der Waals surface area contributed by atoms with Gasteiger partial charge in [-0.3, -0.25) is 0 Å². The van der Waals surface area contributed by atoms with Crippen molar-refractivity contribution >= 4 is 63.4 Å². The summed E-state index contributed by atoms with van der Waals surface area (Å²) in [4.78, 5) is 0. The topological polar surface area (TPSA) is 73.8 Å². The normalized spacial score (nSPS) is 18.7. The second-order valence-electron chi connectivity index (χ2n) is 7.40. The molecule has 0 saturated heterocycles. The van der Waals surface area contributed by atoms with Crippen LogP contribution in [0.3, 0.4) is 0 Å². The van der Waals surface area contributed by atoms with E-state index in [1.54, 1.807) is 11.3 Å². The van der Waals surface area contributed by atoms with Crippen LogP contribution in [0.15, 0.2) is 33.2 Å². The number of thiophene rings is 1. The van der Waals surface area contributed by atoms with Crippen LogP contribution in [0.4, 0.5) is 0 Å². The van der Waals surface area contributed by atoms with Crippen molar-refractivity contribution in [3.05, 3.63) is 33.2 Å². The minimum atomic E-state index is 0.193. The quantitative estimate of drug-likeness (QED) is 0.327. The Morgan fingerprint density at radius 2 is 0.857 bits per heavy atom. The molecule has 0 radical (unpaired) electrons. The summed E-state index contributed by atoms with van der Waals surface area (Å²) in [6, 6.07) is 8.22. The Morgan fingerprint density at radius 1 is 0.486 bits per heavy atom. The first-order valence-corrected chi connectivity index (χ1v) is 13.7. The fourth-order valence-electron chi connectivity index (χ4n) is 3.39. The van der Waals surface area contributed by atoms with E-state index in [1.807, 2.05) is 12.1 Å². The highest BCUT2D eigenvalue weighted by Gasteiger charge is 2.17. The molecule has 35 heavy (non-hydrogen) atoms. The zero-order chi connectivity index (χ0) is 24.3. The number of hydrogen-bond acceptors (Lipinski definition) is 9. The number of hydrogen-bond donors (Lipinski definition) is 0. The van der Waals surface area contributed by atoms with E-state index in [-0.39, 0.29) is 13.6 Å². The van der Waals surface area contributed by atoms with Crippen LogP contribution in [-0.2, 0) is 28.4 Å². The summed E-state index contributed by atoms with van der Waals surface area (Å²) in [6.45, 7) is 4.80. The molecule has 0 saturated carbocycles. The van der Waals surface area contributed by atoms with Crippen molar-refractivity contribution in [1.82, 2.24) is 0 Å². The number of fused-ring (bicyclic) bond motifs is 1. The van der Waals surface area contributed by atoms with Crippen molar-refractivity contribution in [2.24, 2.45) is 0 Å². The van der Waals surface area contributed by atoms with Gasteiger partial charge >= 0.3 is 0 Å². The van der Waals surface area contributed by atoms with Crippen molar-refractivity contribution in [2.75, 3.05) is 79.7 Å². The van der Waals surface area contributed by atoms with Gasteiger partial charge in [-0.2, -0.15) is 0 Å². The summed E-state index contributed by atoms with van der Waals surface area (Å²) in [5.74, 6) is 1.60. The molecule has 2 bridgehead atoms. The number of rotatable bonds is 0. The van der Waals surface area contributed by atoms with E-state index in [9.17, 15) is 0 Å². The lowest BCUT2D eigenvalue weighted by molar-refractivity contribution is -0.109. The molecule has 3 aromatic rings. The van der Waals surface area contributed by atoms with Crippen molar-refractivity contribution in [3.8, 4) is 11.5 Å². The van der Waals surface area contributed by atoms with Gasteiger partial charge in [-0.1, -0.05) is 12.1 Å². The van der Waals surface area contributed by atoms with E-state index in [1.165, 1.54) is 0 Å². The molecule has 0 N–H and O–H groups in total. The zero-order valence-corrected chi connectivity index (χ0v) is 23.2. The Morgan fingerprint density at radius 3 is 1.29 bits per heavy atom. The number of benzene rings is 2. The fraction of sp³-hybridized carbons (Fsp3) is 0.500. The van der Waals surface area contributed by atoms with Gasteiger partial charge in [0.15, 0.2) is 11.5 Å². The Labute approximate surface area is 224 Å². The number of ether oxygens (including phenoxy) is 8. The molecule has 192 valence electrons. The van der Waals surface area contributed by atoms with Crippen LogP contribution in [0, 0.1) is 0 Å². The maximum Gasteiger partial charge on any atom is 0.151 e.